The first-order valence-corrected chi connectivity index (χ1v) is 9.86. The summed E-state index contributed by atoms with van der Waals surface area (Å²) in [5.74, 6) is 0.861. The molecule has 1 saturated carbocycles. The highest BCUT2D eigenvalue weighted by molar-refractivity contribution is 7.90. The first-order valence-electron chi connectivity index (χ1n) is 7.97. The topological polar surface area (TPSA) is 46.2 Å². The second-order valence-corrected chi connectivity index (χ2v) is 8.39. The average molecular weight is 309 g/mol. The van der Waals surface area contributed by atoms with Gasteiger partial charge < -0.3 is 5.32 Å². The van der Waals surface area contributed by atoms with E-state index < -0.39 is 9.84 Å². The van der Waals surface area contributed by atoms with Crippen LogP contribution < -0.4 is 5.32 Å². The fraction of sp³-hybridized carbons (Fsp3) is 0.647. The molecule has 0 spiro atoms. The van der Waals surface area contributed by atoms with Gasteiger partial charge in [0.25, 0.3) is 0 Å². The van der Waals surface area contributed by atoms with E-state index in [-0.39, 0.29) is 0 Å². The van der Waals surface area contributed by atoms with Gasteiger partial charge in [0.2, 0.25) is 0 Å². The molecule has 1 aromatic rings. The van der Waals surface area contributed by atoms with Crippen LogP contribution in [0.5, 0.6) is 0 Å². The Morgan fingerprint density at radius 3 is 2.62 bits per heavy atom. The third-order valence-corrected chi connectivity index (χ3v) is 5.77. The van der Waals surface area contributed by atoms with Crippen molar-refractivity contribution < 1.29 is 8.42 Å². The third kappa shape index (κ3) is 4.47. The minimum atomic E-state index is -3.14. The van der Waals surface area contributed by atoms with Crippen molar-refractivity contribution in [1.82, 2.24) is 0 Å². The molecular formula is C17H27NO2S. The lowest BCUT2D eigenvalue weighted by atomic mass is 9.98. The molecule has 0 saturated heterocycles. The summed E-state index contributed by atoms with van der Waals surface area (Å²) in [5, 5.41) is 3.58. The molecule has 21 heavy (non-hydrogen) atoms. The van der Waals surface area contributed by atoms with Crippen LogP contribution in [-0.2, 0) is 9.84 Å². The van der Waals surface area contributed by atoms with Crippen LogP contribution in [0.25, 0.3) is 0 Å². The summed E-state index contributed by atoms with van der Waals surface area (Å²) >= 11 is 0. The van der Waals surface area contributed by atoms with E-state index in [0.717, 1.165) is 17.2 Å². The highest BCUT2D eigenvalue weighted by Crippen LogP contribution is 2.29. The molecule has 4 heteroatoms. The van der Waals surface area contributed by atoms with Crippen LogP contribution in [0.2, 0.25) is 0 Å². The number of hydrogen-bond donors (Lipinski definition) is 1. The van der Waals surface area contributed by atoms with Crippen LogP contribution in [0.3, 0.4) is 0 Å². The van der Waals surface area contributed by atoms with Crippen LogP contribution in [0, 0.1) is 12.8 Å². The number of benzene rings is 1. The first kappa shape index (κ1) is 16.3. The Hall–Kier alpha value is -1.03. The van der Waals surface area contributed by atoms with Gasteiger partial charge >= 0.3 is 0 Å². The molecule has 0 radical (unpaired) electrons. The molecule has 0 heterocycles. The molecule has 1 aliphatic carbocycles. The first-order chi connectivity index (χ1) is 9.90. The van der Waals surface area contributed by atoms with Gasteiger partial charge in [0, 0.05) is 18.0 Å². The van der Waals surface area contributed by atoms with Gasteiger partial charge in [-0.1, -0.05) is 32.3 Å². The second kappa shape index (κ2) is 6.82. The van der Waals surface area contributed by atoms with Crippen LogP contribution in [0.15, 0.2) is 23.1 Å². The Labute approximate surface area is 129 Å². The van der Waals surface area contributed by atoms with E-state index in [1.807, 2.05) is 13.0 Å². The molecule has 2 rings (SSSR count). The van der Waals surface area contributed by atoms with Crippen molar-refractivity contribution in [2.75, 3.05) is 11.6 Å². The monoisotopic (exact) mass is 309 g/mol. The Morgan fingerprint density at radius 2 is 1.95 bits per heavy atom. The minimum Gasteiger partial charge on any atom is -0.382 e. The zero-order chi connectivity index (χ0) is 15.5. The Bertz CT molecular complexity index is 580. The van der Waals surface area contributed by atoms with Crippen molar-refractivity contribution >= 4 is 15.5 Å². The predicted octanol–water partition coefficient (Wildman–Crippen LogP) is 4.17. The molecule has 0 bridgehead atoms. The van der Waals surface area contributed by atoms with Gasteiger partial charge in [-0.15, -0.1) is 0 Å². The molecule has 1 fully saturated rings. The summed E-state index contributed by atoms with van der Waals surface area (Å²) in [5.41, 5.74) is 2.08. The standard InChI is InChI=1S/C17H27NO2S/c1-4-14-6-5-7-15(10-9-14)18-17-12-16(21(3,19)20)11-8-13(17)2/h8,11-12,14-15,18H,4-7,9-10H2,1-3H3. The molecule has 118 valence electrons. The molecule has 2 unspecified atom stereocenters. The molecule has 0 aromatic heterocycles. The van der Waals surface area contributed by atoms with E-state index in [1.54, 1.807) is 12.1 Å². The van der Waals surface area contributed by atoms with E-state index in [0.29, 0.717) is 10.9 Å². The lowest BCUT2D eigenvalue weighted by molar-refractivity contribution is 0.444. The van der Waals surface area contributed by atoms with E-state index >= 15 is 0 Å². The molecular weight excluding hydrogens is 282 g/mol. The molecule has 1 aliphatic rings. The molecule has 1 N–H and O–H groups in total. The maximum Gasteiger partial charge on any atom is 0.175 e. The summed E-state index contributed by atoms with van der Waals surface area (Å²) in [6.07, 6.45) is 8.77. The van der Waals surface area contributed by atoms with Gasteiger partial charge in [0.15, 0.2) is 9.84 Å². The highest BCUT2D eigenvalue weighted by Gasteiger charge is 2.18. The summed E-state index contributed by atoms with van der Waals surface area (Å²) in [6.45, 7) is 4.30. The smallest absolute Gasteiger partial charge is 0.175 e. The Kier molecular flexibility index (Phi) is 5.31. The number of aryl methyl sites for hydroxylation is 1. The molecule has 0 amide bonds. The van der Waals surface area contributed by atoms with Crippen molar-refractivity contribution in [2.45, 2.75) is 63.3 Å². The summed E-state index contributed by atoms with van der Waals surface area (Å²) < 4.78 is 23.4. The molecule has 3 nitrogen and oxygen atoms in total. The largest absolute Gasteiger partial charge is 0.382 e. The number of rotatable bonds is 4. The van der Waals surface area contributed by atoms with E-state index in [4.69, 9.17) is 0 Å². The normalized spacial score (nSPS) is 23.6. The zero-order valence-corrected chi connectivity index (χ0v) is 14.2. The van der Waals surface area contributed by atoms with Gasteiger partial charge in [0.05, 0.1) is 4.90 Å². The van der Waals surface area contributed by atoms with Crippen molar-refractivity contribution in [3.63, 3.8) is 0 Å². The van der Waals surface area contributed by atoms with Crippen molar-refractivity contribution in [2.24, 2.45) is 5.92 Å². The van der Waals surface area contributed by atoms with Crippen molar-refractivity contribution in [3.8, 4) is 0 Å². The predicted molar refractivity (Wildman–Crippen MR) is 88.6 cm³/mol. The van der Waals surface area contributed by atoms with Crippen LogP contribution in [-0.4, -0.2) is 20.7 Å². The number of nitrogens with one attached hydrogen (secondary N) is 1. The van der Waals surface area contributed by atoms with Gasteiger partial charge in [0.1, 0.15) is 0 Å². The highest BCUT2D eigenvalue weighted by atomic mass is 32.2. The lowest BCUT2D eigenvalue weighted by Crippen LogP contribution is -2.19. The van der Waals surface area contributed by atoms with Gasteiger partial charge in [-0.3, -0.25) is 0 Å². The fourth-order valence-electron chi connectivity index (χ4n) is 3.14. The van der Waals surface area contributed by atoms with E-state index in [9.17, 15) is 8.42 Å². The maximum absolute atomic E-state index is 11.7. The fourth-order valence-corrected chi connectivity index (χ4v) is 3.79. The lowest BCUT2D eigenvalue weighted by Gasteiger charge is -2.20. The number of sulfone groups is 1. The molecule has 2 atom stereocenters. The number of anilines is 1. The zero-order valence-electron chi connectivity index (χ0n) is 13.4. The summed E-state index contributed by atoms with van der Waals surface area (Å²) in [7, 11) is -3.14. The van der Waals surface area contributed by atoms with Crippen LogP contribution >= 0.6 is 0 Å². The van der Waals surface area contributed by atoms with Gasteiger partial charge in [-0.05, 0) is 49.8 Å². The van der Waals surface area contributed by atoms with Crippen molar-refractivity contribution in [1.29, 1.82) is 0 Å². The molecule has 0 aliphatic heterocycles. The number of hydrogen-bond acceptors (Lipinski definition) is 3. The van der Waals surface area contributed by atoms with Gasteiger partial charge in [-0.2, -0.15) is 0 Å². The molecule has 1 aromatic carbocycles. The minimum absolute atomic E-state index is 0.399. The van der Waals surface area contributed by atoms with Crippen LogP contribution in [0.1, 0.15) is 51.0 Å². The van der Waals surface area contributed by atoms with Crippen molar-refractivity contribution in [3.05, 3.63) is 23.8 Å². The van der Waals surface area contributed by atoms with Gasteiger partial charge in [-0.25, -0.2) is 8.42 Å². The summed E-state index contributed by atoms with van der Waals surface area (Å²) in [4.78, 5) is 0.399. The van der Waals surface area contributed by atoms with Crippen LogP contribution in [0.4, 0.5) is 5.69 Å². The summed E-state index contributed by atoms with van der Waals surface area (Å²) in [6, 6.07) is 5.84. The Morgan fingerprint density at radius 1 is 1.19 bits per heavy atom. The van der Waals surface area contributed by atoms with E-state index in [2.05, 4.69) is 12.2 Å². The Balaban J connectivity index is 2.12. The average Bonchev–Trinajstić information content (AvgIpc) is 2.65. The third-order valence-electron chi connectivity index (χ3n) is 4.66. The maximum atomic E-state index is 11.7. The quantitative estimate of drug-likeness (QED) is 0.849. The second-order valence-electron chi connectivity index (χ2n) is 6.37. The SMILES string of the molecule is CCC1CCCC(Nc2cc(S(C)(=O)=O)ccc2C)CC1. The van der Waals surface area contributed by atoms with E-state index in [1.165, 1.54) is 44.8 Å².